The lowest BCUT2D eigenvalue weighted by Crippen LogP contribution is -2.53. The zero-order chi connectivity index (χ0) is 19.4. The van der Waals surface area contributed by atoms with Crippen molar-refractivity contribution in [1.82, 2.24) is 9.21 Å². The summed E-state index contributed by atoms with van der Waals surface area (Å²) in [6.45, 7) is 2.31. The minimum absolute atomic E-state index is 0.000568. The van der Waals surface area contributed by atoms with Gasteiger partial charge in [-0.25, -0.2) is 8.42 Å². The zero-order valence-corrected chi connectivity index (χ0v) is 16.8. The van der Waals surface area contributed by atoms with Crippen molar-refractivity contribution in [2.45, 2.75) is 37.8 Å². The molecule has 0 aromatic heterocycles. The number of hydrogen-bond donors (Lipinski definition) is 0. The maximum Gasteiger partial charge on any atom is 0.253 e. The van der Waals surface area contributed by atoms with Gasteiger partial charge in [-0.15, -0.1) is 0 Å². The zero-order valence-electron chi connectivity index (χ0n) is 16.0. The van der Waals surface area contributed by atoms with Gasteiger partial charge in [0.1, 0.15) is 5.75 Å². The maximum atomic E-state index is 12.8. The molecule has 1 aromatic carbocycles. The molecule has 2 aliphatic heterocycles. The first-order valence-corrected chi connectivity index (χ1v) is 11.2. The van der Waals surface area contributed by atoms with Crippen LogP contribution in [0, 0.1) is 0 Å². The summed E-state index contributed by atoms with van der Waals surface area (Å²) in [5.41, 5.74) is 0.595. The van der Waals surface area contributed by atoms with Crippen LogP contribution in [0.4, 0.5) is 0 Å². The summed E-state index contributed by atoms with van der Waals surface area (Å²) < 4.78 is 37.1. The highest BCUT2D eigenvalue weighted by Gasteiger charge is 2.37. The minimum Gasteiger partial charge on any atom is -0.497 e. The summed E-state index contributed by atoms with van der Waals surface area (Å²) in [6, 6.07) is 7.06. The average molecular weight is 397 g/mol. The summed E-state index contributed by atoms with van der Waals surface area (Å²) in [5.74, 6) is 0.614. The van der Waals surface area contributed by atoms with Gasteiger partial charge in [0, 0.05) is 44.0 Å². The lowest BCUT2D eigenvalue weighted by Gasteiger charge is -2.42. The number of nitrogens with zero attached hydrogens (tertiary/aromatic N) is 2. The highest BCUT2D eigenvalue weighted by atomic mass is 32.2. The first kappa shape index (κ1) is 20.1. The van der Waals surface area contributed by atoms with Crippen molar-refractivity contribution in [1.29, 1.82) is 0 Å². The molecule has 0 atom stereocenters. The Kier molecular flexibility index (Phi) is 6.39. The quantitative estimate of drug-likeness (QED) is 0.758. The second-order valence-corrected chi connectivity index (χ2v) is 9.08. The average Bonchev–Trinajstić information content (AvgIpc) is 2.68. The Morgan fingerprint density at radius 1 is 1.15 bits per heavy atom. The molecular weight excluding hydrogens is 368 g/mol. The fraction of sp³-hybridized carbons (Fsp3) is 0.632. The van der Waals surface area contributed by atoms with Gasteiger partial charge in [0.15, 0.2) is 0 Å². The molecule has 0 saturated carbocycles. The molecule has 0 N–H and O–H groups in total. The lowest BCUT2D eigenvalue weighted by atomic mass is 10.0. The standard InChI is InChI=1S/C19H28N2O5S/c1-25-18-5-3-4-15(14-18)19(22)20-10-6-16(7-11-20)21(27(2,23)24)17-8-12-26-13-9-17/h3-5,14,16-17H,6-13H2,1-2H3. The fourth-order valence-corrected chi connectivity index (χ4v) is 5.55. The first-order valence-electron chi connectivity index (χ1n) is 9.39. The molecule has 0 radical (unpaired) electrons. The molecule has 2 fully saturated rings. The van der Waals surface area contributed by atoms with E-state index >= 15 is 0 Å². The molecule has 0 aliphatic carbocycles. The summed E-state index contributed by atoms with van der Waals surface area (Å²) in [6.07, 6.45) is 4.06. The van der Waals surface area contributed by atoms with E-state index in [-0.39, 0.29) is 18.0 Å². The van der Waals surface area contributed by atoms with Gasteiger partial charge in [0.05, 0.1) is 13.4 Å². The number of hydrogen-bond acceptors (Lipinski definition) is 5. The van der Waals surface area contributed by atoms with E-state index in [0.717, 1.165) is 12.8 Å². The van der Waals surface area contributed by atoms with Crippen LogP contribution in [0.1, 0.15) is 36.0 Å². The number of amides is 1. The van der Waals surface area contributed by atoms with Gasteiger partial charge in [0.25, 0.3) is 5.91 Å². The van der Waals surface area contributed by atoms with E-state index in [1.54, 1.807) is 40.6 Å². The van der Waals surface area contributed by atoms with Gasteiger partial charge >= 0.3 is 0 Å². The number of rotatable bonds is 5. The van der Waals surface area contributed by atoms with Crippen LogP contribution in [0.2, 0.25) is 0 Å². The number of ether oxygens (including phenoxy) is 2. The Labute approximate surface area is 161 Å². The third-order valence-corrected chi connectivity index (χ3v) is 6.72. The maximum absolute atomic E-state index is 12.8. The Morgan fingerprint density at radius 2 is 1.78 bits per heavy atom. The molecular formula is C19H28N2O5S. The molecule has 3 rings (SSSR count). The summed E-state index contributed by atoms with van der Waals surface area (Å²) in [4.78, 5) is 14.6. The van der Waals surface area contributed by atoms with E-state index in [0.29, 0.717) is 50.5 Å². The SMILES string of the molecule is COc1cccc(C(=O)N2CCC(N(C3CCOCC3)S(C)(=O)=O)CC2)c1. The van der Waals surface area contributed by atoms with Crippen LogP contribution in [0.25, 0.3) is 0 Å². The van der Waals surface area contributed by atoms with Gasteiger partial charge in [-0.2, -0.15) is 4.31 Å². The van der Waals surface area contributed by atoms with Crippen molar-refractivity contribution in [2.24, 2.45) is 0 Å². The monoisotopic (exact) mass is 396 g/mol. The normalized spacial score (nSPS) is 20.0. The smallest absolute Gasteiger partial charge is 0.253 e. The van der Waals surface area contributed by atoms with E-state index in [9.17, 15) is 13.2 Å². The molecule has 2 saturated heterocycles. The molecule has 27 heavy (non-hydrogen) atoms. The highest BCUT2D eigenvalue weighted by Crippen LogP contribution is 2.27. The topological polar surface area (TPSA) is 76.2 Å². The summed E-state index contributed by atoms with van der Waals surface area (Å²) >= 11 is 0. The molecule has 2 aliphatic rings. The van der Waals surface area contributed by atoms with E-state index < -0.39 is 10.0 Å². The van der Waals surface area contributed by atoms with Crippen LogP contribution in [-0.2, 0) is 14.8 Å². The van der Waals surface area contributed by atoms with Gasteiger partial charge in [0.2, 0.25) is 10.0 Å². The second kappa shape index (κ2) is 8.58. The Morgan fingerprint density at radius 3 is 2.37 bits per heavy atom. The largest absolute Gasteiger partial charge is 0.497 e. The first-order chi connectivity index (χ1) is 12.9. The third kappa shape index (κ3) is 4.80. The second-order valence-electron chi connectivity index (χ2n) is 7.19. The van der Waals surface area contributed by atoms with Crippen molar-refractivity contribution >= 4 is 15.9 Å². The number of piperidine rings is 1. The van der Waals surface area contributed by atoms with Crippen molar-refractivity contribution in [2.75, 3.05) is 39.7 Å². The van der Waals surface area contributed by atoms with Crippen LogP contribution in [0.15, 0.2) is 24.3 Å². The van der Waals surface area contributed by atoms with Crippen LogP contribution in [0.3, 0.4) is 0 Å². The number of sulfonamides is 1. The number of carbonyl (C=O) groups is 1. The van der Waals surface area contributed by atoms with Gasteiger partial charge < -0.3 is 14.4 Å². The minimum atomic E-state index is -3.31. The summed E-state index contributed by atoms with van der Waals surface area (Å²) in [5, 5.41) is 0. The van der Waals surface area contributed by atoms with Crippen molar-refractivity contribution in [3.63, 3.8) is 0 Å². The molecule has 150 valence electrons. The summed E-state index contributed by atoms with van der Waals surface area (Å²) in [7, 11) is -1.73. The molecule has 1 amide bonds. The van der Waals surface area contributed by atoms with E-state index in [2.05, 4.69) is 0 Å². The fourth-order valence-electron chi connectivity index (χ4n) is 4.04. The Hall–Kier alpha value is -1.64. The Bertz CT molecular complexity index is 753. The van der Waals surface area contributed by atoms with Crippen molar-refractivity contribution < 1.29 is 22.7 Å². The molecule has 0 spiro atoms. The number of benzene rings is 1. The molecule has 2 heterocycles. The van der Waals surface area contributed by atoms with E-state index in [1.165, 1.54) is 6.26 Å². The van der Waals surface area contributed by atoms with E-state index in [4.69, 9.17) is 9.47 Å². The highest BCUT2D eigenvalue weighted by molar-refractivity contribution is 7.88. The van der Waals surface area contributed by atoms with Crippen molar-refractivity contribution in [3.8, 4) is 5.75 Å². The predicted molar refractivity (Wildman–Crippen MR) is 102 cm³/mol. The van der Waals surface area contributed by atoms with Crippen molar-refractivity contribution in [3.05, 3.63) is 29.8 Å². The van der Waals surface area contributed by atoms with Crippen LogP contribution >= 0.6 is 0 Å². The molecule has 7 nitrogen and oxygen atoms in total. The number of methoxy groups -OCH3 is 1. The van der Waals surface area contributed by atoms with Crippen LogP contribution < -0.4 is 4.74 Å². The number of carbonyl (C=O) groups excluding carboxylic acids is 1. The van der Waals surface area contributed by atoms with Gasteiger partial charge in [-0.05, 0) is 43.9 Å². The molecule has 1 aromatic rings. The molecule has 8 heteroatoms. The lowest BCUT2D eigenvalue weighted by molar-refractivity contribution is 0.0378. The molecule has 0 unspecified atom stereocenters. The van der Waals surface area contributed by atoms with E-state index in [1.807, 2.05) is 0 Å². The van der Waals surface area contributed by atoms with Gasteiger partial charge in [-0.1, -0.05) is 6.07 Å². The molecule has 0 bridgehead atoms. The van der Waals surface area contributed by atoms with Gasteiger partial charge in [-0.3, -0.25) is 4.79 Å². The number of likely N-dealkylation sites (tertiary alicyclic amines) is 1. The Balaban J connectivity index is 1.66. The van der Waals surface area contributed by atoms with Crippen LogP contribution in [-0.4, -0.2) is 75.3 Å². The predicted octanol–water partition coefficient (Wildman–Crippen LogP) is 1.74. The third-order valence-electron chi connectivity index (χ3n) is 5.36. The van der Waals surface area contributed by atoms with Crippen LogP contribution in [0.5, 0.6) is 5.75 Å².